The normalized spacial score (nSPS) is 12.7. The summed E-state index contributed by atoms with van der Waals surface area (Å²) in [6.07, 6.45) is 4.86. The third-order valence-corrected chi connectivity index (χ3v) is 6.18. The van der Waals surface area contributed by atoms with Gasteiger partial charge in [-0.3, -0.25) is 9.29 Å². The van der Waals surface area contributed by atoms with Gasteiger partial charge in [-0.25, -0.2) is 15.0 Å². The molecular weight excluding hydrogens is 466 g/mol. The molecule has 0 aliphatic heterocycles. The topological polar surface area (TPSA) is 109 Å². The number of aromatic nitrogens is 6. The van der Waals surface area contributed by atoms with Crippen LogP contribution in [0, 0.1) is 6.92 Å². The number of methoxy groups -OCH3 is 3. The van der Waals surface area contributed by atoms with Gasteiger partial charge < -0.3 is 14.2 Å². The Hall–Kier alpha value is -3.70. The number of nitrogens with zero attached hydrogens (tertiary/aromatic N) is 6. The lowest BCUT2D eigenvalue weighted by molar-refractivity contribution is 0.0972. The Morgan fingerprint density at radius 3 is 2.34 bits per heavy atom. The fraction of sp³-hybridized carbons (Fsp3) is 0.292. The molecule has 10 nitrogen and oxygen atoms in total. The zero-order chi connectivity index (χ0) is 24.8. The minimum atomic E-state index is -0.333. The molecule has 0 amide bonds. The van der Waals surface area contributed by atoms with Crippen molar-refractivity contribution in [1.82, 2.24) is 29.7 Å². The largest absolute Gasteiger partial charge is 0.494 e. The van der Waals surface area contributed by atoms with E-state index in [0.717, 1.165) is 11.1 Å². The van der Waals surface area contributed by atoms with E-state index in [0.29, 0.717) is 34.9 Å². The summed E-state index contributed by atoms with van der Waals surface area (Å²) in [5.41, 5.74) is 2.45. The van der Waals surface area contributed by atoms with Crippen LogP contribution in [0.25, 0.3) is 17.1 Å². The van der Waals surface area contributed by atoms with Crippen LogP contribution in [0.5, 0.6) is 11.6 Å². The Labute approximate surface area is 208 Å². The van der Waals surface area contributed by atoms with Gasteiger partial charge in [-0.15, -0.1) is 10.2 Å². The van der Waals surface area contributed by atoms with Crippen LogP contribution in [0.4, 0.5) is 5.95 Å². The van der Waals surface area contributed by atoms with Gasteiger partial charge in [0.25, 0.3) is 0 Å². The molecule has 4 rings (SSSR count). The van der Waals surface area contributed by atoms with E-state index in [1.807, 2.05) is 48.7 Å². The molecule has 2 unspecified atom stereocenters. The summed E-state index contributed by atoms with van der Waals surface area (Å²) in [7, 11) is 4.80. The molecule has 3 heterocycles. The van der Waals surface area contributed by atoms with Gasteiger partial charge in [0.1, 0.15) is 11.9 Å². The molecule has 0 fully saturated rings. The Morgan fingerprint density at radius 1 is 0.943 bits per heavy atom. The standard InChI is InChI=1S/C24H27N7O3S/c1-15-13-26-21(27-14-15)20(33-4)16(2)35-30-24-29-28-22(17-9-7-6-8-10-17)31(24)19-18(32-3)11-12-25-23(19)34-5/h6-14,16,20H,1-5H3,(H,29,30). The van der Waals surface area contributed by atoms with Gasteiger partial charge in [-0.05, 0) is 31.4 Å². The molecule has 0 spiro atoms. The van der Waals surface area contributed by atoms with Gasteiger partial charge in [0.15, 0.2) is 17.3 Å². The third kappa shape index (κ3) is 5.20. The summed E-state index contributed by atoms with van der Waals surface area (Å²) < 4.78 is 22.1. The Bertz CT molecular complexity index is 1230. The minimum absolute atomic E-state index is 0.0641. The van der Waals surface area contributed by atoms with Crippen LogP contribution in [0.3, 0.4) is 0 Å². The van der Waals surface area contributed by atoms with E-state index in [1.165, 1.54) is 11.9 Å². The molecule has 0 bridgehead atoms. The second-order valence-electron chi connectivity index (χ2n) is 7.62. The van der Waals surface area contributed by atoms with Crippen molar-refractivity contribution in [3.63, 3.8) is 0 Å². The highest BCUT2D eigenvalue weighted by Gasteiger charge is 2.26. The number of hydrogen-bond acceptors (Lipinski definition) is 10. The zero-order valence-corrected chi connectivity index (χ0v) is 21.0. The monoisotopic (exact) mass is 493 g/mol. The van der Waals surface area contributed by atoms with E-state index < -0.39 is 0 Å². The number of nitrogens with one attached hydrogen (secondary N) is 1. The molecule has 1 N–H and O–H groups in total. The van der Waals surface area contributed by atoms with Crippen molar-refractivity contribution in [2.75, 3.05) is 26.1 Å². The van der Waals surface area contributed by atoms with Gasteiger partial charge >= 0.3 is 0 Å². The molecule has 0 saturated carbocycles. The Kier molecular flexibility index (Phi) is 7.78. The molecule has 3 aromatic heterocycles. The minimum Gasteiger partial charge on any atom is -0.494 e. The van der Waals surface area contributed by atoms with Crippen molar-refractivity contribution in [2.24, 2.45) is 0 Å². The van der Waals surface area contributed by atoms with Gasteiger partial charge in [0, 0.05) is 37.3 Å². The first-order valence-electron chi connectivity index (χ1n) is 10.9. The van der Waals surface area contributed by atoms with E-state index >= 15 is 0 Å². The summed E-state index contributed by atoms with van der Waals surface area (Å²) in [5, 5.41) is 8.83. The average Bonchev–Trinajstić information content (AvgIpc) is 3.32. The summed E-state index contributed by atoms with van der Waals surface area (Å²) >= 11 is 1.43. The third-order valence-electron chi connectivity index (χ3n) is 5.26. The number of hydrogen-bond donors (Lipinski definition) is 1. The molecule has 0 aliphatic carbocycles. The van der Waals surface area contributed by atoms with E-state index in [4.69, 9.17) is 14.2 Å². The zero-order valence-electron chi connectivity index (χ0n) is 20.2. The van der Waals surface area contributed by atoms with E-state index in [9.17, 15) is 0 Å². The first kappa shape index (κ1) is 24.4. The molecular formula is C24H27N7O3S. The molecule has 2 atom stereocenters. The SMILES string of the molecule is COc1ccnc(OC)c1-n1c(NSC(C)C(OC)c2ncc(C)cn2)nnc1-c1ccccc1. The quantitative estimate of drug-likeness (QED) is 0.321. The Morgan fingerprint density at radius 2 is 1.69 bits per heavy atom. The lowest BCUT2D eigenvalue weighted by atomic mass is 10.2. The highest BCUT2D eigenvalue weighted by Crippen LogP contribution is 2.37. The summed E-state index contributed by atoms with van der Waals surface area (Å²) in [6.45, 7) is 3.97. The van der Waals surface area contributed by atoms with Crippen LogP contribution in [-0.4, -0.2) is 56.3 Å². The maximum Gasteiger partial charge on any atom is 0.242 e. The average molecular weight is 494 g/mol. The first-order valence-corrected chi connectivity index (χ1v) is 11.8. The highest BCUT2D eigenvalue weighted by molar-refractivity contribution is 8.01. The van der Waals surface area contributed by atoms with Crippen LogP contribution in [0.1, 0.15) is 24.4 Å². The summed E-state index contributed by atoms with van der Waals surface area (Å²) in [4.78, 5) is 13.2. The molecule has 4 aromatic rings. The fourth-order valence-corrected chi connectivity index (χ4v) is 4.32. The smallest absolute Gasteiger partial charge is 0.242 e. The van der Waals surface area contributed by atoms with Crippen molar-refractivity contribution in [3.05, 3.63) is 66.4 Å². The van der Waals surface area contributed by atoms with Gasteiger partial charge in [-0.1, -0.05) is 30.3 Å². The van der Waals surface area contributed by atoms with Gasteiger partial charge in [0.05, 0.1) is 19.5 Å². The van der Waals surface area contributed by atoms with E-state index in [1.54, 1.807) is 46.0 Å². The first-order chi connectivity index (χ1) is 17.1. The maximum atomic E-state index is 5.71. The Balaban J connectivity index is 1.71. The molecule has 0 radical (unpaired) electrons. The number of benzene rings is 1. The molecule has 35 heavy (non-hydrogen) atoms. The van der Waals surface area contributed by atoms with Crippen molar-refractivity contribution in [3.8, 4) is 28.7 Å². The van der Waals surface area contributed by atoms with Crippen LogP contribution < -0.4 is 14.2 Å². The summed E-state index contributed by atoms with van der Waals surface area (Å²) in [5.74, 6) is 2.64. The van der Waals surface area contributed by atoms with Crippen LogP contribution in [0.2, 0.25) is 0 Å². The van der Waals surface area contributed by atoms with Crippen LogP contribution in [-0.2, 0) is 4.74 Å². The number of ether oxygens (including phenoxy) is 3. The van der Waals surface area contributed by atoms with Crippen molar-refractivity contribution in [1.29, 1.82) is 0 Å². The molecule has 0 saturated heterocycles. The van der Waals surface area contributed by atoms with Gasteiger partial charge in [0.2, 0.25) is 11.8 Å². The molecule has 182 valence electrons. The second kappa shape index (κ2) is 11.2. The highest BCUT2D eigenvalue weighted by atomic mass is 32.2. The lowest BCUT2D eigenvalue weighted by Crippen LogP contribution is -2.19. The molecule has 1 aromatic carbocycles. The second-order valence-corrected chi connectivity index (χ2v) is 8.80. The number of pyridine rings is 1. The maximum absolute atomic E-state index is 5.71. The predicted octanol–water partition coefficient (Wildman–Crippen LogP) is 4.28. The number of anilines is 1. The number of rotatable bonds is 10. The van der Waals surface area contributed by atoms with E-state index in [2.05, 4.69) is 29.9 Å². The lowest BCUT2D eigenvalue weighted by Gasteiger charge is -2.21. The van der Waals surface area contributed by atoms with Crippen LogP contribution >= 0.6 is 11.9 Å². The van der Waals surface area contributed by atoms with Crippen LogP contribution in [0.15, 0.2) is 55.0 Å². The van der Waals surface area contributed by atoms with Crippen molar-refractivity contribution < 1.29 is 14.2 Å². The predicted molar refractivity (Wildman–Crippen MR) is 135 cm³/mol. The number of aryl methyl sites for hydroxylation is 1. The fourth-order valence-electron chi connectivity index (χ4n) is 3.54. The van der Waals surface area contributed by atoms with Crippen molar-refractivity contribution in [2.45, 2.75) is 25.2 Å². The van der Waals surface area contributed by atoms with E-state index in [-0.39, 0.29) is 11.4 Å². The van der Waals surface area contributed by atoms with Crippen molar-refractivity contribution >= 4 is 17.9 Å². The molecule has 11 heteroatoms. The van der Waals surface area contributed by atoms with Gasteiger partial charge in [-0.2, -0.15) is 0 Å². The molecule has 0 aliphatic rings. The summed E-state index contributed by atoms with van der Waals surface area (Å²) in [6, 6.07) is 11.5.